The number of piperazine rings is 1. The number of hydrogen-bond acceptors (Lipinski definition) is 12. The average molecular weight is 844 g/mol. The lowest BCUT2D eigenvalue weighted by Crippen LogP contribution is -2.54. The number of nitrogens with zero attached hydrogens (tertiary/aromatic N) is 7. The number of nitrogens with one attached hydrogen (secondary N) is 2. The molecule has 0 bridgehead atoms. The third-order valence-electron chi connectivity index (χ3n) is 12.3. The minimum atomic E-state index is -4.05. The highest BCUT2D eigenvalue weighted by molar-refractivity contribution is 7.89. The van der Waals surface area contributed by atoms with Gasteiger partial charge in [-0.25, -0.2) is 22.2 Å². The molecule has 5 aliphatic rings. The predicted octanol–water partition coefficient (Wildman–Crippen LogP) is 2.98. The second kappa shape index (κ2) is 15.7. The SMILES string of the molecule is O=C1CCC(N2C(=O)c3cc(F)c(N4CCN(Cc5cccc(S(=O)(=O)N6CC[C@H](Nc7ncc8ccc(=O)n(C9CCCC9)c8n7)[C@H](F)C6)c5)CC4)cc3C2=O)C(=O)N1. The number of hydrogen-bond donors (Lipinski definition) is 2. The van der Waals surface area contributed by atoms with Gasteiger partial charge in [0.25, 0.3) is 17.4 Å². The van der Waals surface area contributed by atoms with E-state index in [-0.39, 0.29) is 71.6 Å². The van der Waals surface area contributed by atoms with Crippen LogP contribution in [0.1, 0.15) is 77.3 Å². The van der Waals surface area contributed by atoms with Crippen molar-refractivity contribution in [3.63, 3.8) is 0 Å². The largest absolute Gasteiger partial charge is 0.367 e. The number of anilines is 2. The molecule has 4 aromatic rings. The van der Waals surface area contributed by atoms with Crippen LogP contribution >= 0.6 is 0 Å². The van der Waals surface area contributed by atoms with Gasteiger partial charge in [0.1, 0.15) is 23.7 Å². The molecule has 60 heavy (non-hydrogen) atoms. The van der Waals surface area contributed by atoms with Gasteiger partial charge in [-0.1, -0.05) is 25.0 Å². The van der Waals surface area contributed by atoms with Gasteiger partial charge in [0.05, 0.1) is 27.8 Å². The van der Waals surface area contributed by atoms with Crippen molar-refractivity contribution in [2.45, 2.75) is 80.7 Å². The lowest BCUT2D eigenvalue weighted by molar-refractivity contribution is -0.136. The van der Waals surface area contributed by atoms with Gasteiger partial charge in [0.2, 0.25) is 27.8 Å². The summed E-state index contributed by atoms with van der Waals surface area (Å²) in [6.07, 6.45) is 4.03. The summed E-state index contributed by atoms with van der Waals surface area (Å²) >= 11 is 0. The minimum absolute atomic E-state index is 0.00655. The first-order valence-electron chi connectivity index (χ1n) is 20.3. The quantitative estimate of drug-likeness (QED) is 0.235. The molecule has 3 saturated heterocycles. The highest BCUT2D eigenvalue weighted by Crippen LogP contribution is 2.34. The van der Waals surface area contributed by atoms with Crippen molar-refractivity contribution in [2.75, 3.05) is 49.5 Å². The Labute approximate surface area is 343 Å². The van der Waals surface area contributed by atoms with Crippen LogP contribution < -0.4 is 21.1 Å². The minimum Gasteiger partial charge on any atom is -0.367 e. The van der Waals surface area contributed by atoms with Gasteiger partial charge >= 0.3 is 0 Å². The number of halogens is 2. The zero-order chi connectivity index (χ0) is 41.9. The number of pyridine rings is 1. The number of imide groups is 2. The molecule has 1 unspecified atom stereocenters. The molecule has 4 aliphatic heterocycles. The van der Waals surface area contributed by atoms with Gasteiger partial charge in [-0.3, -0.25) is 43.7 Å². The van der Waals surface area contributed by atoms with Crippen molar-refractivity contribution < 1.29 is 36.4 Å². The van der Waals surface area contributed by atoms with Crippen molar-refractivity contribution in [3.05, 3.63) is 87.6 Å². The Hall–Kier alpha value is -5.66. The maximum Gasteiger partial charge on any atom is 0.262 e. The number of sulfonamides is 1. The van der Waals surface area contributed by atoms with E-state index in [1.807, 2.05) is 6.07 Å². The van der Waals surface area contributed by atoms with Crippen LogP contribution in [0.3, 0.4) is 0 Å². The molecule has 1 saturated carbocycles. The van der Waals surface area contributed by atoms with Gasteiger partial charge in [0, 0.05) is 75.9 Å². The number of alkyl halides is 1. The van der Waals surface area contributed by atoms with E-state index in [1.54, 1.807) is 33.9 Å². The summed E-state index contributed by atoms with van der Waals surface area (Å²) < 4.78 is 61.7. The summed E-state index contributed by atoms with van der Waals surface area (Å²) in [6, 6.07) is 10.3. The molecule has 4 amide bonds. The number of rotatable bonds is 9. The predicted molar refractivity (Wildman–Crippen MR) is 214 cm³/mol. The first-order valence-corrected chi connectivity index (χ1v) is 21.7. The van der Waals surface area contributed by atoms with E-state index >= 15 is 8.78 Å². The summed E-state index contributed by atoms with van der Waals surface area (Å²) in [5.74, 6) is -3.24. The second-order valence-electron chi connectivity index (χ2n) is 16.1. The molecule has 6 heterocycles. The summed E-state index contributed by atoms with van der Waals surface area (Å²) in [5.41, 5.74) is 1.09. The second-order valence-corrected chi connectivity index (χ2v) is 18.0. The summed E-state index contributed by atoms with van der Waals surface area (Å²) in [4.78, 5) is 77.0. The monoisotopic (exact) mass is 843 g/mol. The first-order chi connectivity index (χ1) is 28.8. The van der Waals surface area contributed by atoms with E-state index in [4.69, 9.17) is 0 Å². The van der Waals surface area contributed by atoms with E-state index in [2.05, 4.69) is 25.5 Å². The van der Waals surface area contributed by atoms with E-state index in [9.17, 15) is 32.4 Å². The number of piperidine rings is 2. The zero-order valence-corrected chi connectivity index (χ0v) is 33.4. The van der Waals surface area contributed by atoms with Gasteiger partial charge in [-0.15, -0.1) is 0 Å². The van der Waals surface area contributed by atoms with E-state index in [0.29, 0.717) is 43.8 Å². The van der Waals surface area contributed by atoms with Crippen LogP contribution in [0.15, 0.2) is 64.4 Å². The van der Waals surface area contributed by atoms with E-state index in [1.165, 1.54) is 18.2 Å². The maximum atomic E-state index is 15.8. The summed E-state index contributed by atoms with van der Waals surface area (Å²) in [6.45, 7) is 1.81. The molecule has 4 fully saturated rings. The highest BCUT2D eigenvalue weighted by atomic mass is 32.2. The average Bonchev–Trinajstić information content (AvgIpc) is 3.84. The van der Waals surface area contributed by atoms with Crippen molar-refractivity contribution in [1.82, 2.24) is 34.0 Å². The molecule has 9 rings (SSSR count). The molecule has 16 nitrogen and oxygen atoms in total. The lowest BCUT2D eigenvalue weighted by Gasteiger charge is -2.36. The molecular formula is C41H43F2N9O7S. The molecule has 2 N–H and O–H groups in total. The topological polar surface area (TPSA) is 187 Å². The van der Waals surface area contributed by atoms with Crippen LogP contribution in [0, 0.1) is 5.82 Å². The Morgan fingerprint density at radius 1 is 0.867 bits per heavy atom. The molecule has 0 spiro atoms. The van der Waals surface area contributed by atoms with E-state index in [0.717, 1.165) is 46.5 Å². The Kier molecular flexibility index (Phi) is 10.4. The molecular weight excluding hydrogens is 801 g/mol. The normalized spacial score (nSPS) is 23.4. The fourth-order valence-electron chi connectivity index (χ4n) is 9.13. The van der Waals surface area contributed by atoms with E-state index < -0.39 is 57.7 Å². The number of carbonyl (C=O) groups is 4. The van der Waals surface area contributed by atoms with Gasteiger partial charge in [-0.05, 0) is 61.6 Å². The van der Waals surface area contributed by atoms with Crippen molar-refractivity contribution in [2.24, 2.45) is 0 Å². The molecule has 2 aromatic heterocycles. The molecule has 314 valence electrons. The third kappa shape index (κ3) is 7.31. The van der Waals surface area contributed by atoms with Crippen LogP contribution in [-0.2, 0) is 26.2 Å². The molecule has 1 aliphatic carbocycles. The fraction of sp³-hybridized carbons (Fsp3) is 0.439. The van der Waals surface area contributed by atoms with Crippen LogP contribution in [0.4, 0.5) is 20.4 Å². The summed E-state index contributed by atoms with van der Waals surface area (Å²) in [7, 11) is -4.05. The Morgan fingerprint density at radius 2 is 1.62 bits per heavy atom. The highest BCUT2D eigenvalue weighted by Gasteiger charge is 2.45. The first kappa shape index (κ1) is 39.8. The van der Waals surface area contributed by atoms with Gasteiger partial charge < -0.3 is 10.2 Å². The van der Waals surface area contributed by atoms with Crippen molar-refractivity contribution >= 4 is 56.3 Å². The van der Waals surface area contributed by atoms with Crippen molar-refractivity contribution in [1.29, 1.82) is 0 Å². The fourth-order valence-corrected chi connectivity index (χ4v) is 10.7. The molecule has 0 radical (unpaired) electrons. The van der Waals surface area contributed by atoms with Crippen LogP contribution in [0.2, 0.25) is 0 Å². The van der Waals surface area contributed by atoms with Crippen molar-refractivity contribution in [3.8, 4) is 0 Å². The summed E-state index contributed by atoms with van der Waals surface area (Å²) in [5, 5.41) is 5.91. The molecule has 3 atom stereocenters. The van der Waals surface area contributed by atoms with Crippen LogP contribution in [0.25, 0.3) is 11.0 Å². The van der Waals surface area contributed by atoms with Gasteiger partial charge in [0.15, 0.2) is 0 Å². The number of benzene rings is 2. The molecule has 19 heteroatoms. The maximum absolute atomic E-state index is 15.8. The zero-order valence-electron chi connectivity index (χ0n) is 32.6. The van der Waals surface area contributed by atoms with Crippen LogP contribution in [-0.4, -0.2) is 118 Å². The standard InChI is InChI=1S/C41H43F2N9O7S/c42-30-19-28-29(40(57)52(39(28)56)33-9-10-35(53)46-38(33)55)20-34(30)49-16-14-48(15-17-49)22-24-4-3-7-27(18-24)60(58,59)50-13-12-32(31(43)23-50)45-41-44-21-25-8-11-36(54)51(37(25)47-41)26-5-1-2-6-26/h3-4,7-8,11,18-21,26,31-33H,1-2,5-6,9-10,12-17,22-23H2,(H,44,45,47)(H,46,53,55)/t31-,32+,33?/m1/s1. The Balaban J connectivity index is 0.815. The molecule has 2 aromatic carbocycles. The lowest BCUT2D eigenvalue weighted by atomic mass is 10.0. The Bertz CT molecular complexity index is 2590. The number of fused-ring (bicyclic) bond motifs is 2. The number of amides is 4. The Morgan fingerprint density at radius 3 is 2.35 bits per heavy atom. The van der Waals surface area contributed by atoms with Gasteiger partial charge in [-0.2, -0.15) is 9.29 Å². The number of carbonyl (C=O) groups excluding carboxylic acids is 4. The smallest absolute Gasteiger partial charge is 0.262 e. The number of aromatic nitrogens is 3. The van der Waals surface area contributed by atoms with Crippen LogP contribution in [0.5, 0.6) is 0 Å². The third-order valence-corrected chi connectivity index (χ3v) is 14.2.